The molecular formula is C28H56O4. The minimum atomic E-state index is -0.659. The number of carboxylic acids is 1. The Morgan fingerprint density at radius 3 is 1.25 bits per heavy atom. The smallest absolute Gasteiger partial charge is 0.305 e. The highest BCUT2D eigenvalue weighted by Crippen LogP contribution is 2.11. The van der Waals surface area contributed by atoms with Crippen molar-refractivity contribution in [1.82, 2.24) is 0 Å². The molecule has 0 saturated heterocycles. The van der Waals surface area contributed by atoms with Crippen molar-refractivity contribution in [3.63, 3.8) is 0 Å². The standard InChI is InChI=1S/C16H32O2.C12H24O2/c1-3-5-7-9-10-11-12-14-16(17)18-15-13-8-6-4-2;1-2-3-4-5-6-7-8-9-10-11-12(13)14/h3-15H2,1-2H3;2-11H2,1H3,(H,13,14). The highest BCUT2D eigenvalue weighted by atomic mass is 16.5. The number of hydrogen-bond acceptors (Lipinski definition) is 3. The van der Waals surface area contributed by atoms with E-state index in [1.165, 1.54) is 103 Å². The molecule has 0 aromatic carbocycles. The van der Waals surface area contributed by atoms with Gasteiger partial charge in [-0.15, -0.1) is 0 Å². The molecule has 4 heteroatoms. The monoisotopic (exact) mass is 456 g/mol. The predicted molar refractivity (Wildman–Crippen MR) is 137 cm³/mol. The normalized spacial score (nSPS) is 10.5. The quantitative estimate of drug-likeness (QED) is 0.123. The minimum absolute atomic E-state index is 0.0000525. The second-order valence-corrected chi connectivity index (χ2v) is 9.12. The summed E-state index contributed by atoms with van der Waals surface area (Å²) in [6.07, 6.45) is 25.5. The average molecular weight is 457 g/mol. The molecule has 0 amide bonds. The van der Waals surface area contributed by atoms with E-state index in [0.717, 1.165) is 25.7 Å². The number of esters is 1. The second-order valence-electron chi connectivity index (χ2n) is 9.12. The van der Waals surface area contributed by atoms with Crippen LogP contribution in [0.2, 0.25) is 0 Å². The van der Waals surface area contributed by atoms with Gasteiger partial charge in [0.1, 0.15) is 0 Å². The first-order valence-electron chi connectivity index (χ1n) is 14.0. The van der Waals surface area contributed by atoms with E-state index in [0.29, 0.717) is 19.4 Å². The fourth-order valence-corrected chi connectivity index (χ4v) is 3.60. The maximum Gasteiger partial charge on any atom is 0.305 e. The van der Waals surface area contributed by atoms with Gasteiger partial charge in [-0.05, 0) is 19.3 Å². The van der Waals surface area contributed by atoms with Gasteiger partial charge in [0.2, 0.25) is 0 Å². The SMILES string of the molecule is CCCCCCCCCC(=O)OCCCCCC.CCCCCCCCCCCC(=O)O. The predicted octanol–water partition coefficient (Wildman–Crippen LogP) is 9.24. The van der Waals surface area contributed by atoms with Gasteiger partial charge in [0.25, 0.3) is 0 Å². The molecule has 0 atom stereocenters. The van der Waals surface area contributed by atoms with Crippen LogP contribution in [0.1, 0.15) is 162 Å². The Hall–Kier alpha value is -1.06. The third-order valence-electron chi connectivity index (χ3n) is 5.74. The molecule has 0 aromatic heterocycles. The zero-order valence-electron chi connectivity index (χ0n) is 21.9. The van der Waals surface area contributed by atoms with Crippen LogP contribution in [-0.4, -0.2) is 23.7 Å². The molecule has 0 saturated carbocycles. The molecule has 0 heterocycles. The van der Waals surface area contributed by atoms with Gasteiger partial charge in [-0.2, -0.15) is 0 Å². The van der Waals surface area contributed by atoms with E-state index in [4.69, 9.17) is 9.84 Å². The van der Waals surface area contributed by atoms with Crippen molar-refractivity contribution in [1.29, 1.82) is 0 Å². The first-order chi connectivity index (χ1) is 15.6. The Morgan fingerprint density at radius 2 is 0.844 bits per heavy atom. The Morgan fingerprint density at radius 1 is 0.500 bits per heavy atom. The molecule has 0 aliphatic rings. The van der Waals surface area contributed by atoms with E-state index in [9.17, 15) is 9.59 Å². The van der Waals surface area contributed by atoms with E-state index < -0.39 is 5.97 Å². The van der Waals surface area contributed by atoms with Crippen molar-refractivity contribution in [2.24, 2.45) is 0 Å². The summed E-state index contributed by atoms with van der Waals surface area (Å²) in [4.78, 5) is 21.6. The summed E-state index contributed by atoms with van der Waals surface area (Å²) in [5.41, 5.74) is 0. The molecule has 0 bridgehead atoms. The molecule has 0 aliphatic carbocycles. The van der Waals surface area contributed by atoms with Gasteiger partial charge < -0.3 is 9.84 Å². The summed E-state index contributed by atoms with van der Waals surface area (Å²) < 4.78 is 5.19. The maximum absolute atomic E-state index is 11.4. The fourth-order valence-electron chi connectivity index (χ4n) is 3.60. The summed E-state index contributed by atoms with van der Waals surface area (Å²) in [6, 6.07) is 0. The molecule has 0 spiro atoms. The number of rotatable bonds is 23. The minimum Gasteiger partial charge on any atom is -0.481 e. The zero-order chi connectivity index (χ0) is 24.1. The summed E-state index contributed by atoms with van der Waals surface area (Å²) in [5, 5.41) is 8.41. The van der Waals surface area contributed by atoms with E-state index in [1.54, 1.807) is 0 Å². The Kier molecular flexibility index (Phi) is 31.0. The molecule has 0 aliphatic heterocycles. The fraction of sp³-hybridized carbons (Fsp3) is 0.929. The van der Waals surface area contributed by atoms with E-state index in [2.05, 4.69) is 20.8 Å². The third-order valence-corrected chi connectivity index (χ3v) is 5.74. The van der Waals surface area contributed by atoms with Crippen LogP contribution in [0, 0.1) is 0 Å². The van der Waals surface area contributed by atoms with E-state index >= 15 is 0 Å². The lowest BCUT2D eigenvalue weighted by Gasteiger charge is -2.04. The summed E-state index contributed by atoms with van der Waals surface area (Å²) >= 11 is 0. The molecule has 1 N–H and O–H groups in total. The zero-order valence-corrected chi connectivity index (χ0v) is 21.9. The van der Waals surface area contributed by atoms with Crippen molar-refractivity contribution in [3.05, 3.63) is 0 Å². The molecule has 0 radical (unpaired) electrons. The van der Waals surface area contributed by atoms with Gasteiger partial charge in [0.15, 0.2) is 0 Å². The van der Waals surface area contributed by atoms with E-state index in [1.807, 2.05) is 0 Å². The van der Waals surface area contributed by atoms with Crippen molar-refractivity contribution >= 4 is 11.9 Å². The van der Waals surface area contributed by atoms with Gasteiger partial charge in [0, 0.05) is 12.8 Å². The molecule has 192 valence electrons. The van der Waals surface area contributed by atoms with E-state index in [-0.39, 0.29) is 5.97 Å². The lowest BCUT2D eigenvalue weighted by atomic mass is 10.1. The first kappa shape index (κ1) is 33.1. The number of unbranched alkanes of at least 4 members (excludes halogenated alkanes) is 17. The number of ether oxygens (including phenoxy) is 1. The molecule has 0 aromatic rings. The number of carbonyl (C=O) groups excluding carboxylic acids is 1. The van der Waals surface area contributed by atoms with Crippen molar-refractivity contribution < 1.29 is 19.4 Å². The van der Waals surface area contributed by atoms with Crippen LogP contribution in [0.15, 0.2) is 0 Å². The van der Waals surface area contributed by atoms with Crippen LogP contribution in [0.3, 0.4) is 0 Å². The average Bonchev–Trinajstić information content (AvgIpc) is 2.77. The van der Waals surface area contributed by atoms with Gasteiger partial charge in [0.05, 0.1) is 6.61 Å². The topological polar surface area (TPSA) is 63.6 Å². The summed E-state index contributed by atoms with van der Waals surface area (Å²) in [5.74, 6) is -0.659. The maximum atomic E-state index is 11.4. The summed E-state index contributed by atoms with van der Waals surface area (Å²) in [7, 11) is 0. The van der Waals surface area contributed by atoms with Gasteiger partial charge >= 0.3 is 11.9 Å². The molecule has 0 rings (SSSR count). The number of hydrogen-bond donors (Lipinski definition) is 1. The molecule has 4 nitrogen and oxygen atoms in total. The van der Waals surface area contributed by atoms with Crippen LogP contribution < -0.4 is 0 Å². The third kappa shape index (κ3) is 33.6. The highest BCUT2D eigenvalue weighted by molar-refractivity contribution is 5.69. The lowest BCUT2D eigenvalue weighted by molar-refractivity contribution is -0.144. The second kappa shape index (κ2) is 29.9. The molecule has 0 unspecified atom stereocenters. The Balaban J connectivity index is 0. The molecule has 0 fully saturated rings. The summed E-state index contributed by atoms with van der Waals surface area (Å²) in [6.45, 7) is 7.27. The first-order valence-corrected chi connectivity index (χ1v) is 14.0. The number of carbonyl (C=O) groups is 2. The Bertz CT molecular complexity index is 382. The van der Waals surface area contributed by atoms with Gasteiger partial charge in [-0.25, -0.2) is 0 Å². The van der Waals surface area contributed by atoms with Crippen molar-refractivity contribution in [2.45, 2.75) is 162 Å². The van der Waals surface area contributed by atoms with Crippen molar-refractivity contribution in [3.8, 4) is 0 Å². The van der Waals surface area contributed by atoms with Gasteiger partial charge in [-0.3, -0.25) is 9.59 Å². The van der Waals surface area contributed by atoms with Gasteiger partial charge in [-0.1, -0.05) is 130 Å². The Labute approximate surface area is 200 Å². The number of carboxylic acid groups (broad SMARTS) is 1. The molecular weight excluding hydrogens is 400 g/mol. The highest BCUT2D eigenvalue weighted by Gasteiger charge is 2.02. The molecule has 32 heavy (non-hydrogen) atoms. The van der Waals surface area contributed by atoms with Crippen LogP contribution in [0.4, 0.5) is 0 Å². The van der Waals surface area contributed by atoms with Crippen LogP contribution >= 0.6 is 0 Å². The van der Waals surface area contributed by atoms with Crippen LogP contribution in [-0.2, 0) is 14.3 Å². The number of aliphatic carboxylic acids is 1. The van der Waals surface area contributed by atoms with Crippen molar-refractivity contribution in [2.75, 3.05) is 6.61 Å². The largest absolute Gasteiger partial charge is 0.481 e. The van der Waals surface area contributed by atoms with Crippen LogP contribution in [0.25, 0.3) is 0 Å². The lowest BCUT2D eigenvalue weighted by Crippen LogP contribution is -2.05. The van der Waals surface area contributed by atoms with Crippen LogP contribution in [0.5, 0.6) is 0 Å².